The lowest BCUT2D eigenvalue weighted by Gasteiger charge is -2.13. The molecule has 6 nitrogen and oxygen atoms in total. The van der Waals surface area contributed by atoms with Crippen molar-refractivity contribution in [2.45, 2.75) is 31.5 Å². The number of hydrogen-bond acceptors (Lipinski definition) is 4. The molecule has 104 valence electrons. The molecular formula is C13H19N3O3. The Morgan fingerprint density at radius 2 is 1.68 bits per heavy atom. The van der Waals surface area contributed by atoms with Crippen LogP contribution in [0.2, 0.25) is 0 Å². The number of aliphatic carboxylic acids is 1. The van der Waals surface area contributed by atoms with Crippen molar-refractivity contribution in [2.75, 3.05) is 0 Å². The van der Waals surface area contributed by atoms with Crippen molar-refractivity contribution in [3.8, 4) is 0 Å². The van der Waals surface area contributed by atoms with Crippen molar-refractivity contribution in [3.05, 3.63) is 35.9 Å². The number of carboxylic acids is 1. The van der Waals surface area contributed by atoms with Gasteiger partial charge in [-0.15, -0.1) is 0 Å². The van der Waals surface area contributed by atoms with Gasteiger partial charge in [0.2, 0.25) is 5.91 Å². The van der Waals surface area contributed by atoms with Gasteiger partial charge in [-0.2, -0.15) is 0 Å². The SMILES string of the molecule is NC(CC[C@@H](N)C(=O)O)C(=O)NCc1ccccc1. The summed E-state index contributed by atoms with van der Waals surface area (Å²) in [6, 6.07) is 7.73. The molecule has 0 aliphatic carbocycles. The molecule has 1 rings (SSSR count). The average molecular weight is 265 g/mol. The summed E-state index contributed by atoms with van der Waals surface area (Å²) in [5.41, 5.74) is 12.0. The maximum Gasteiger partial charge on any atom is 0.320 e. The number of carbonyl (C=O) groups is 2. The lowest BCUT2D eigenvalue weighted by molar-refractivity contribution is -0.139. The molecular weight excluding hydrogens is 246 g/mol. The molecule has 0 radical (unpaired) electrons. The average Bonchev–Trinajstić information content (AvgIpc) is 2.42. The van der Waals surface area contributed by atoms with Crippen LogP contribution in [0.15, 0.2) is 30.3 Å². The van der Waals surface area contributed by atoms with E-state index in [1.807, 2.05) is 30.3 Å². The van der Waals surface area contributed by atoms with Crippen LogP contribution in [-0.2, 0) is 16.1 Å². The molecule has 0 heterocycles. The molecule has 1 aromatic rings. The molecule has 2 atom stereocenters. The number of benzene rings is 1. The number of nitrogens with two attached hydrogens (primary N) is 2. The Morgan fingerprint density at radius 1 is 1.11 bits per heavy atom. The first-order valence-corrected chi connectivity index (χ1v) is 6.06. The second-order valence-electron chi connectivity index (χ2n) is 4.33. The lowest BCUT2D eigenvalue weighted by atomic mass is 10.1. The molecule has 1 unspecified atom stereocenters. The molecule has 6 heteroatoms. The van der Waals surface area contributed by atoms with E-state index in [1.54, 1.807) is 0 Å². The summed E-state index contributed by atoms with van der Waals surface area (Å²) in [6.07, 6.45) is 0.420. The standard InChI is InChI=1S/C13H19N3O3/c14-10(6-7-11(15)13(18)19)12(17)16-8-9-4-2-1-3-5-9/h1-5,10-11H,6-8,14-15H2,(H,16,17)(H,18,19)/t10?,11-/m1/s1. The van der Waals surface area contributed by atoms with Crippen molar-refractivity contribution in [1.82, 2.24) is 5.32 Å². The second-order valence-corrected chi connectivity index (χ2v) is 4.33. The maximum absolute atomic E-state index is 11.7. The number of carbonyl (C=O) groups excluding carboxylic acids is 1. The summed E-state index contributed by atoms with van der Waals surface area (Å²) in [5, 5.41) is 11.3. The van der Waals surface area contributed by atoms with Gasteiger partial charge in [0.1, 0.15) is 6.04 Å². The van der Waals surface area contributed by atoms with Crippen LogP contribution < -0.4 is 16.8 Å². The van der Waals surface area contributed by atoms with E-state index in [0.717, 1.165) is 5.56 Å². The second kappa shape index (κ2) is 7.50. The zero-order valence-corrected chi connectivity index (χ0v) is 10.6. The van der Waals surface area contributed by atoms with E-state index in [2.05, 4.69) is 5.32 Å². The molecule has 0 bridgehead atoms. The highest BCUT2D eigenvalue weighted by molar-refractivity contribution is 5.81. The number of nitrogens with one attached hydrogen (secondary N) is 1. The van der Waals surface area contributed by atoms with Gasteiger partial charge in [0.15, 0.2) is 0 Å². The van der Waals surface area contributed by atoms with Crippen LogP contribution in [-0.4, -0.2) is 29.1 Å². The van der Waals surface area contributed by atoms with E-state index < -0.39 is 18.1 Å². The number of hydrogen-bond donors (Lipinski definition) is 4. The van der Waals surface area contributed by atoms with Crippen LogP contribution in [0, 0.1) is 0 Å². The first-order chi connectivity index (χ1) is 9.00. The minimum atomic E-state index is -1.09. The van der Waals surface area contributed by atoms with Gasteiger partial charge in [-0.05, 0) is 18.4 Å². The molecule has 0 fully saturated rings. The predicted octanol–water partition coefficient (Wildman–Crippen LogP) is -0.178. The topological polar surface area (TPSA) is 118 Å². The molecule has 6 N–H and O–H groups in total. The Bertz CT molecular complexity index is 422. The Kier molecular flexibility index (Phi) is 5.98. The van der Waals surface area contributed by atoms with E-state index in [9.17, 15) is 9.59 Å². The van der Waals surface area contributed by atoms with Crippen LogP contribution >= 0.6 is 0 Å². The quantitative estimate of drug-likeness (QED) is 0.545. The Hall–Kier alpha value is -1.92. The normalized spacial score (nSPS) is 13.6. The molecule has 0 aliphatic rings. The molecule has 0 spiro atoms. The van der Waals surface area contributed by atoms with Gasteiger partial charge in [0.05, 0.1) is 6.04 Å². The minimum absolute atomic E-state index is 0.176. The maximum atomic E-state index is 11.7. The first kappa shape index (κ1) is 15.1. The molecule has 0 aromatic heterocycles. The summed E-state index contributed by atoms with van der Waals surface area (Å²) < 4.78 is 0. The van der Waals surface area contributed by atoms with Crippen molar-refractivity contribution in [3.63, 3.8) is 0 Å². The molecule has 1 aromatic carbocycles. The fourth-order valence-electron chi connectivity index (χ4n) is 1.53. The summed E-state index contributed by atoms with van der Waals surface area (Å²) in [6.45, 7) is 0.401. The zero-order valence-electron chi connectivity index (χ0n) is 10.6. The predicted molar refractivity (Wildman–Crippen MR) is 71.1 cm³/mol. The van der Waals surface area contributed by atoms with E-state index in [-0.39, 0.29) is 18.7 Å². The van der Waals surface area contributed by atoms with Crippen molar-refractivity contribution in [1.29, 1.82) is 0 Å². The van der Waals surface area contributed by atoms with Crippen molar-refractivity contribution < 1.29 is 14.7 Å². The highest BCUT2D eigenvalue weighted by Gasteiger charge is 2.17. The fraction of sp³-hybridized carbons (Fsp3) is 0.385. The van der Waals surface area contributed by atoms with Crippen LogP contribution in [0.4, 0.5) is 0 Å². The molecule has 1 amide bonds. The number of amides is 1. The van der Waals surface area contributed by atoms with Crippen LogP contribution in [0.5, 0.6) is 0 Å². The van der Waals surface area contributed by atoms with Gasteiger partial charge in [0, 0.05) is 6.54 Å². The summed E-state index contributed by atoms with van der Waals surface area (Å²) >= 11 is 0. The van der Waals surface area contributed by atoms with Crippen LogP contribution in [0.3, 0.4) is 0 Å². The Labute approximate surface area is 111 Å². The summed E-state index contributed by atoms with van der Waals surface area (Å²) in [5.74, 6) is -1.39. The van der Waals surface area contributed by atoms with Gasteiger partial charge >= 0.3 is 5.97 Å². The highest BCUT2D eigenvalue weighted by atomic mass is 16.4. The molecule has 0 saturated heterocycles. The number of carboxylic acid groups (broad SMARTS) is 1. The molecule has 0 saturated carbocycles. The van der Waals surface area contributed by atoms with Gasteiger partial charge in [-0.1, -0.05) is 30.3 Å². The van der Waals surface area contributed by atoms with E-state index >= 15 is 0 Å². The molecule has 0 aliphatic heterocycles. The van der Waals surface area contributed by atoms with E-state index in [1.165, 1.54) is 0 Å². The first-order valence-electron chi connectivity index (χ1n) is 6.06. The smallest absolute Gasteiger partial charge is 0.320 e. The van der Waals surface area contributed by atoms with Gasteiger partial charge in [-0.3, -0.25) is 9.59 Å². The lowest BCUT2D eigenvalue weighted by Crippen LogP contribution is -2.42. The highest BCUT2D eigenvalue weighted by Crippen LogP contribution is 2.01. The zero-order chi connectivity index (χ0) is 14.3. The summed E-state index contributed by atoms with van der Waals surface area (Å²) in [7, 11) is 0. The Balaban J connectivity index is 2.31. The van der Waals surface area contributed by atoms with E-state index in [4.69, 9.17) is 16.6 Å². The van der Waals surface area contributed by atoms with Gasteiger partial charge < -0.3 is 21.9 Å². The third kappa shape index (κ3) is 5.50. The third-order valence-electron chi connectivity index (χ3n) is 2.75. The van der Waals surface area contributed by atoms with Crippen molar-refractivity contribution in [2.24, 2.45) is 11.5 Å². The fourth-order valence-corrected chi connectivity index (χ4v) is 1.53. The summed E-state index contributed by atoms with van der Waals surface area (Å²) in [4.78, 5) is 22.2. The van der Waals surface area contributed by atoms with Crippen LogP contribution in [0.25, 0.3) is 0 Å². The van der Waals surface area contributed by atoms with Crippen molar-refractivity contribution >= 4 is 11.9 Å². The minimum Gasteiger partial charge on any atom is -0.480 e. The van der Waals surface area contributed by atoms with E-state index in [0.29, 0.717) is 6.54 Å². The Morgan fingerprint density at radius 3 is 2.26 bits per heavy atom. The monoisotopic (exact) mass is 265 g/mol. The number of rotatable bonds is 7. The third-order valence-corrected chi connectivity index (χ3v) is 2.75. The van der Waals surface area contributed by atoms with Crippen LogP contribution in [0.1, 0.15) is 18.4 Å². The molecule has 19 heavy (non-hydrogen) atoms. The van der Waals surface area contributed by atoms with Gasteiger partial charge in [-0.25, -0.2) is 0 Å². The van der Waals surface area contributed by atoms with Gasteiger partial charge in [0.25, 0.3) is 0 Å². The largest absolute Gasteiger partial charge is 0.480 e.